The number of benzene rings is 2. The zero-order valence-corrected chi connectivity index (χ0v) is 14.2. The first-order chi connectivity index (χ1) is 12.2. The maximum Gasteiger partial charge on any atom is 0.251 e. The Morgan fingerprint density at radius 3 is 3.00 bits per heavy atom. The van der Waals surface area contributed by atoms with Crippen LogP contribution in [0.25, 0.3) is 0 Å². The van der Waals surface area contributed by atoms with Crippen LogP contribution in [-0.2, 0) is 19.5 Å². The number of nitrogens with one attached hydrogen (secondary N) is 2. The van der Waals surface area contributed by atoms with Crippen LogP contribution in [0, 0.1) is 0 Å². The van der Waals surface area contributed by atoms with E-state index in [0.29, 0.717) is 25.6 Å². The molecule has 3 rings (SSSR count). The van der Waals surface area contributed by atoms with Crippen LogP contribution in [0.3, 0.4) is 0 Å². The van der Waals surface area contributed by atoms with Gasteiger partial charge in [-0.1, -0.05) is 30.3 Å². The lowest BCUT2D eigenvalue weighted by Gasteiger charge is -2.16. The highest BCUT2D eigenvalue weighted by molar-refractivity contribution is 5.96. The summed E-state index contributed by atoms with van der Waals surface area (Å²) in [7, 11) is 1.64. The molecule has 2 aromatic rings. The van der Waals surface area contributed by atoms with Gasteiger partial charge in [-0.05, 0) is 29.7 Å². The second-order valence-electron chi connectivity index (χ2n) is 5.86. The first kappa shape index (κ1) is 16.8. The van der Waals surface area contributed by atoms with Crippen LogP contribution in [0.15, 0.2) is 47.5 Å². The number of methoxy groups -OCH3 is 1. The number of amides is 1. The topological polar surface area (TPSA) is 88.7 Å². The van der Waals surface area contributed by atoms with Crippen molar-refractivity contribution in [3.05, 3.63) is 64.7 Å². The molecule has 6 nitrogen and oxygen atoms in total. The van der Waals surface area contributed by atoms with Crippen molar-refractivity contribution >= 4 is 11.9 Å². The standard InChI is InChI=1S/C19H22N4O2/c1-25-17-5-3-2-4-15(17)12-23-19(20)22-11-13-6-7-14-8-9-21-18(24)16(14)10-13/h2-7,10H,8-9,11-12H2,1H3,(H,21,24)(H3,20,22,23). The lowest BCUT2D eigenvalue weighted by atomic mass is 9.98. The summed E-state index contributed by atoms with van der Waals surface area (Å²) in [5.74, 6) is 1.14. The van der Waals surface area contributed by atoms with E-state index in [1.807, 2.05) is 42.5 Å². The molecular weight excluding hydrogens is 316 g/mol. The Morgan fingerprint density at radius 1 is 1.32 bits per heavy atom. The number of nitrogens with zero attached hydrogens (tertiary/aromatic N) is 1. The summed E-state index contributed by atoms with van der Waals surface area (Å²) < 4.78 is 5.31. The molecule has 2 aromatic carbocycles. The quantitative estimate of drug-likeness (QED) is 0.570. The Kier molecular flexibility index (Phi) is 5.18. The Labute approximate surface area is 147 Å². The summed E-state index contributed by atoms with van der Waals surface area (Å²) in [5.41, 5.74) is 9.73. The number of hydrogen-bond acceptors (Lipinski definition) is 3. The molecule has 0 aliphatic carbocycles. The van der Waals surface area contributed by atoms with Crippen LogP contribution in [0.2, 0.25) is 0 Å². The first-order valence-electron chi connectivity index (χ1n) is 8.23. The Balaban J connectivity index is 1.62. The van der Waals surface area contributed by atoms with E-state index in [1.165, 1.54) is 0 Å². The SMILES string of the molecule is COc1ccccc1CNC(N)=NCc1ccc2c(c1)C(=O)NCC2. The van der Waals surface area contributed by atoms with Crippen LogP contribution in [0.1, 0.15) is 27.0 Å². The van der Waals surface area contributed by atoms with E-state index in [2.05, 4.69) is 15.6 Å². The van der Waals surface area contributed by atoms with Crippen LogP contribution in [0.5, 0.6) is 5.75 Å². The Morgan fingerprint density at radius 2 is 2.16 bits per heavy atom. The third-order valence-corrected chi connectivity index (χ3v) is 4.18. The molecule has 4 N–H and O–H groups in total. The van der Waals surface area contributed by atoms with Gasteiger partial charge >= 0.3 is 0 Å². The second kappa shape index (κ2) is 7.70. The van der Waals surface area contributed by atoms with E-state index in [0.717, 1.165) is 34.4 Å². The van der Waals surface area contributed by atoms with Crippen molar-refractivity contribution in [2.75, 3.05) is 13.7 Å². The van der Waals surface area contributed by atoms with Gasteiger partial charge in [-0.2, -0.15) is 0 Å². The molecule has 1 aliphatic rings. The van der Waals surface area contributed by atoms with Gasteiger partial charge in [-0.25, -0.2) is 4.99 Å². The molecule has 0 bridgehead atoms. The van der Waals surface area contributed by atoms with Gasteiger partial charge in [0, 0.05) is 24.2 Å². The lowest BCUT2D eigenvalue weighted by Crippen LogP contribution is -2.32. The minimum atomic E-state index is -0.0191. The molecular formula is C19H22N4O2. The van der Waals surface area contributed by atoms with Crippen LogP contribution in [0.4, 0.5) is 0 Å². The van der Waals surface area contributed by atoms with Gasteiger partial charge in [-0.15, -0.1) is 0 Å². The van der Waals surface area contributed by atoms with Gasteiger partial charge in [0.2, 0.25) is 0 Å². The fourth-order valence-corrected chi connectivity index (χ4v) is 2.82. The molecule has 0 radical (unpaired) electrons. The molecule has 1 aliphatic heterocycles. The summed E-state index contributed by atoms with van der Waals surface area (Å²) in [4.78, 5) is 16.2. The molecule has 0 spiro atoms. The zero-order valence-electron chi connectivity index (χ0n) is 14.2. The van der Waals surface area contributed by atoms with Gasteiger partial charge in [0.25, 0.3) is 5.91 Å². The third-order valence-electron chi connectivity index (χ3n) is 4.18. The van der Waals surface area contributed by atoms with Crippen LogP contribution in [-0.4, -0.2) is 25.5 Å². The van der Waals surface area contributed by atoms with Crippen molar-refractivity contribution < 1.29 is 9.53 Å². The van der Waals surface area contributed by atoms with Crippen molar-refractivity contribution in [1.29, 1.82) is 0 Å². The maximum absolute atomic E-state index is 11.9. The fraction of sp³-hybridized carbons (Fsp3) is 0.263. The number of guanidine groups is 1. The van der Waals surface area contributed by atoms with E-state index in [-0.39, 0.29) is 5.91 Å². The molecule has 1 amide bonds. The predicted molar refractivity (Wildman–Crippen MR) is 97.6 cm³/mol. The number of nitrogens with two attached hydrogens (primary N) is 1. The minimum Gasteiger partial charge on any atom is -0.496 e. The zero-order chi connectivity index (χ0) is 17.6. The number of ether oxygens (including phenoxy) is 1. The molecule has 0 saturated carbocycles. The Hall–Kier alpha value is -3.02. The molecule has 130 valence electrons. The molecule has 0 atom stereocenters. The van der Waals surface area contributed by atoms with Crippen molar-refractivity contribution in [3.8, 4) is 5.75 Å². The largest absolute Gasteiger partial charge is 0.496 e. The van der Waals surface area contributed by atoms with Crippen LogP contribution >= 0.6 is 0 Å². The number of hydrogen-bond donors (Lipinski definition) is 3. The average molecular weight is 338 g/mol. The number of para-hydroxylation sites is 1. The van der Waals surface area contributed by atoms with Gasteiger partial charge < -0.3 is 21.1 Å². The van der Waals surface area contributed by atoms with Crippen molar-refractivity contribution in [2.24, 2.45) is 10.7 Å². The lowest BCUT2D eigenvalue weighted by molar-refractivity contribution is 0.0946. The summed E-state index contributed by atoms with van der Waals surface area (Å²) in [6.07, 6.45) is 0.868. The molecule has 0 unspecified atom stereocenters. The highest BCUT2D eigenvalue weighted by atomic mass is 16.5. The highest BCUT2D eigenvalue weighted by Gasteiger charge is 2.16. The highest BCUT2D eigenvalue weighted by Crippen LogP contribution is 2.17. The maximum atomic E-state index is 11.9. The molecule has 1 heterocycles. The van der Waals surface area contributed by atoms with E-state index >= 15 is 0 Å². The van der Waals surface area contributed by atoms with Crippen molar-refractivity contribution in [3.63, 3.8) is 0 Å². The predicted octanol–water partition coefficient (Wildman–Crippen LogP) is 1.59. The number of carbonyl (C=O) groups is 1. The molecule has 0 saturated heterocycles. The third kappa shape index (κ3) is 4.09. The normalized spacial score (nSPS) is 13.8. The number of aliphatic imine (C=N–C) groups is 1. The average Bonchev–Trinajstić information content (AvgIpc) is 2.65. The molecule has 25 heavy (non-hydrogen) atoms. The number of rotatable bonds is 5. The number of carbonyl (C=O) groups excluding carboxylic acids is 1. The van der Waals surface area contributed by atoms with E-state index < -0.39 is 0 Å². The second-order valence-corrected chi connectivity index (χ2v) is 5.86. The smallest absolute Gasteiger partial charge is 0.251 e. The van der Waals surface area contributed by atoms with E-state index in [4.69, 9.17) is 10.5 Å². The molecule has 0 aromatic heterocycles. The Bertz CT molecular complexity index is 802. The summed E-state index contributed by atoms with van der Waals surface area (Å²) >= 11 is 0. The summed E-state index contributed by atoms with van der Waals surface area (Å²) in [6, 6.07) is 13.6. The van der Waals surface area contributed by atoms with Gasteiger partial charge in [0.1, 0.15) is 5.75 Å². The van der Waals surface area contributed by atoms with E-state index in [9.17, 15) is 4.79 Å². The monoisotopic (exact) mass is 338 g/mol. The van der Waals surface area contributed by atoms with E-state index in [1.54, 1.807) is 7.11 Å². The molecule has 0 fully saturated rings. The summed E-state index contributed by atoms with van der Waals surface area (Å²) in [5, 5.41) is 5.94. The molecule has 6 heteroatoms. The van der Waals surface area contributed by atoms with Gasteiger partial charge in [0.15, 0.2) is 5.96 Å². The fourth-order valence-electron chi connectivity index (χ4n) is 2.82. The first-order valence-corrected chi connectivity index (χ1v) is 8.23. The number of fused-ring (bicyclic) bond motifs is 1. The summed E-state index contributed by atoms with van der Waals surface area (Å²) in [6.45, 7) is 1.65. The van der Waals surface area contributed by atoms with Gasteiger partial charge in [0.05, 0.1) is 13.7 Å². The van der Waals surface area contributed by atoms with Crippen molar-refractivity contribution in [2.45, 2.75) is 19.5 Å². The van der Waals surface area contributed by atoms with Crippen molar-refractivity contribution in [1.82, 2.24) is 10.6 Å². The van der Waals surface area contributed by atoms with Crippen LogP contribution < -0.4 is 21.1 Å². The van der Waals surface area contributed by atoms with Gasteiger partial charge in [-0.3, -0.25) is 4.79 Å². The minimum absolute atomic E-state index is 0.0191.